The molecule has 1 aliphatic heterocycles. The van der Waals surface area contributed by atoms with Crippen LogP contribution in [0.3, 0.4) is 0 Å². The van der Waals surface area contributed by atoms with E-state index in [1.807, 2.05) is 20.8 Å². The molecule has 6 nitrogen and oxygen atoms in total. The number of nitrogens with one attached hydrogen (secondary N) is 1. The van der Waals surface area contributed by atoms with E-state index in [9.17, 15) is 8.42 Å². The third-order valence-corrected chi connectivity index (χ3v) is 5.28. The van der Waals surface area contributed by atoms with E-state index in [1.165, 1.54) is 0 Å². The summed E-state index contributed by atoms with van der Waals surface area (Å²) in [6, 6.07) is -0.101. The molecular weight excluding hydrogens is 252 g/mol. The van der Waals surface area contributed by atoms with Gasteiger partial charge < -0.3 is 9.88 Å². The van der Waals surface area contributed by atoms with Crippen molar-refractivity contribution in [2.45, 2.75) is 44.4 Å². The van der Waals surface area contributed by atoms with Gasteiger partial charge in [0.1, 0.15) is 0 Å². The topological polar surface area (TPSA) is 67.2 Å². The monoisotopic (exact) mass is 272 g/mol. The standard InChI is InChI=1S/C11H20N4O2S/c1-4-14-7-11(13-8-14)18(16,17)15-9(2)5-12-6-10(15)3/h7-10,12H,4-6H2,1-3H3. The van der Waals surface area contributed by atoms with Gasteiger partial charge >= 0.3 is 0 Å². The van der Waals surface area contributed by atoms with E-state index in [0.717, 1.165) is 6.54 Å². The number of aromatic nitrogens is 2. The van der Waals surface area contributed by atoms with E-state index in [2.05, 4.69) is 10.3 Å². The fourth-order valence-electron chi connectivity index (χ4n) is 2.34. The van der Waals surface area contributed by atoms with E-state index < -0.39 is 10.0 Å². The maximum Gasteiger partial charge on any atom is 0.262 e. The minimum atomic E-state index is -3.49. The van der Waals surface area contributed by atoms with Crippen LogP contribution in [0, 0.1) is 0 Å². The quantitative estimate of drug-likeness (QED) is 0.858. The molecule has 1 aromatic rings. The molecule has 2 atom stereocenters. The van der Waals surface area contributed by atoms with Gasteiger partial charge in [0.2, 0.25) is 0 Å². The summed E-state index contributed by atoms with van der Waals surface area (Å²) in [5.74, 6) is 0. The maximum atomic E-state index is 12.6. The zero-order valence-corrected chi connectivity index (χ0v) is 11.8. The second kappa shape index (κ2) is 4.99. The van der Waals surface area contributed by atoms with Gasteiger partial charge in [-0.3, -0.25) is 0 Å². The van der Waals surface area contributed by atoms with E-state index in [1.54, 1.807) is 21.4 Å². The molecule has 102 valence electrons. The predicted octanol–water partition coefficient (Wildman–Crippen LogP) is 0.274. The Morgan fingerprint density at radius 2 is 2.00 bits per heavy atom. The Labute approximate surface area is 108 Å². The molecule has 0 spiro atoms. The van der Waals surface area contributed by atoms with Gasteiger partial charge in [-0.05, 0) is 20.8 Å². The first kappa shape index (κ1) is 13.5. The molecule has 18 heavy (non-hydrogen) atoms. The second-order valence-corrected chi connectivity index (χ2v) is 6.52. The molecule has 0 aromatic carbocycles. The number of hydrogen-bond donors (Lipinski definition) is 1. The van der Waals surface area contributed by atoms with Crippen LogP contribution in [0.5, 0.6) is 0 Å². The minimum absolute atomic E-state index is 0.0504. The van der Waals surface area contributed by atoms with E-state index in [-0.39, 0.29) is 17.1 Å². The Hall–Kier alpha value is -0.920. The summed E-state index contributed by atoms with van der Waals surface area (Å²) in [6.07, 6.45) is 3.15. The van der Waals surface area contributed by atoms with Crippen molar-refractivity contribution >= 4 is 10.0 Å². The molecule has 2 unspecified atom stereocenters. The van der Waals surface area contributed by atoms with Gasteiger partial charge in [0.15, 0.2) is 5.03 Å². The molecule has 1 aromatic heterocycles. The van der Waals surface area contributed by atoms with Crippen LogP contribution in [0.25, 0.3) is 0 Å². The molecule has 0 saturated carbocycles. The van der Waals surface area contributed by atoms with Crippen LogP contribution in [-0.4, -0.2) is 47.4 Å². The van der Waals surface area contributed by atoms with Gasteiger partial charge in [-0.25, -0.2) is 13.4 Å². The SMILES string of the molecule is CCn1cnc(S(=O)(=O)N2C(C)CNCC2C)c1. The minimum Gasteiger partial charge on any atom is -0.336 e. The molecule has 1 saturated heterocycles. The van der Waals surface area contributed by atoms with Crippen LogP contribution in [0.15, 0.2) is 17.6 Å². The second-order valence-electron chi connectivity index (χ2n) is 4.73. The van der Waals surface area contributed by atoms with Crippen molar-refractivity contribution in [2.75, 3.05) is 13.1 Å². The first-order valence-electron chi connectivity index (χ1n) is 6.22. The molecule has 0 bridgehead atoms. The Bertz CT molecular complexity index is 501. The lowest BCUT2D eigenvalue weighted by Gasteiger charge is -2.37. The van der Waals surface area contributed by atoms with Gasteiger partial charge in [-0.15, -0.1) is 0 Å². The zero-order chi connectivity index (χ0) is 13.3. The fourth-order valence-corrected chi connectivity index (χ4v) is 4.10. The zero-order valence-electron chi connectivity index (χ0n) is 11.0. The summed E-state index contributed by atoms with van der Waals surface area (Å²) in [5.41, 5.74) is 0. The highest BCUT2D eigenvalue weighted by molar-refractivity contribution is 7.89. The smallest absolute Gasteiger partial charge is 0.262 e. The van der Waals surface area contributed by atoms with Crippen LogP contribution >= 0.6 is 0 Å². The highest BCUT2D eigenvalue weighted by Crippen LogP contribution is 2.21. The molecule has 1 aliphatic rings. The first-order valence-corrected chi connectivity index (χ1v) is 7.67. The molecule has 1 fully saturated rings. The van der Waals surface area contributed by atoms with Crippen molar-refractivity contribution < 1.29 is 8.42 Å². The molecule has 7 heteroatoms. The van der Waals surface area contributed by atoms with Crippen molar-refractivity contribution in [3.63, 3.8) is 0 Å². The lowest BCUT2D eigenvalue weighted by atomic mass is 10.2. The summed E-state index contributed by atoms with van der Waals surface area (Å²) in [5, 5.41) is 3.37. The summed E-state index contributed by atoms with van der Waals surface area (Å²) < 4.78 is 28.4. The van der Waals surface area contributed by atoms with Crippen LogP contribution in [0.1, 0.15) is 20.8 Å². The molecule has 2 rings (SSSR count). The van der Waals surface area contributed by atoms with E-state index >= 15 is 0 Å². The Morgan fingerprint density at radius 1 is 1.39 bits per heavy atom. The van der Waals surface area contributed by atoms with Crippen molar-refractivity contribution in [2.24, 2.45) is 0 Å². The third kappa shape index (κ3) is 2.30. The summed E-state index contributed by atoms with van der Waals surface area (Å²) in [4.78, 5) is 4.02. The van der Waals surface area contributed by atoms with Gasteiger partial charge in [-0.1, -0.05) is 0 Å². The number of piperazine rings is 1. The normalized spacial score (nSPS) is 26.4. The molecule has 0 amide bonds. The van der Waals surface area contributed by atoms with E-state index in [4.69, 9.17) is 0 Å². The molecular formula is C11H20N4O2S. The van der Waals surface area contributed by atoms with Crippen molar-refractivity contribution in [1.29, 1.82) is 0 Å². The summed E-state index contributed by atoms with van der Waals surface area (Å²) in [7, 11) is -3.49. The van der Waals surface area contributed by atoms with Gasteiger partial charge in [-0.2, -0.15) is 4.31 Å². The lowest BCUT2D eigenvalue weighted by molar-refractivity contribution is 0.219. The third-order valence-electron chi connectivity index (χ3n) is 3.26. The van der Waals surface area contributed by atoms with Crippen molar-refractivity contribution in [1.82, 2.24) is 19.2 Å². The average Bonchev–Trinajstić information content (AvgIpc) is 2.77. The summed E-state index contributed by atoms with van der Waals surface area (Å²) in [6.45, 7) is 7.85. The summed E-state index contributed by atoms with van der Waals surface area (Å²) >= 11 is 0. The predicted molar refractivity (Wildman–Crippen MR) is 68.7 cm³/mol. The first-order chi connectivity index (χ1) is 8.46. The van der Waals surface area contributed by atoms with E-state index in [0.29, 0.717) is 13.1 Å². The van der Waals surface area contributed by atoms with Gasteiger partial charge in [0.05, 0.1) is 6.33 Å². The van der Waals surface area contributed by atoms with Crippen LogP contribution in [0.2, 0.25) is 0 Å². The number of rotatable bonds is 3. The largest absolute Gasteiger partial charge is 0.336 e. The Morgan fingerprint density at radius 3 is 2.50 bits per heavy atom. The van der Waals surface area contributed by atoms with Crippen LogP contribution in [0.4, 0.5) is 0 Å². The lowest BCUT2D eigenvalue weighted by Crippen LogP contribution is -2.57. The Balaban J connectivity index is 2.34. The fraction of sp³-hybridized carbons (Fsp3) is 0.727. The number of nitrogens with zero attached hydrogens (tertiary/aromatic N) is 3. The molecule has 1 N–H and O–H groups in total. The highest BCUT2D eigenvalue weighted by atomic mass is 32.2. The molecule has 2 heterocycles. The van der Waals surface area contributed by atoms with Crippen LogP contribution < -0.4 is 5.32 Å². The molecule has 0 radical (unpaired) electrons. The number of sulfonamides is 1. The van der Waals surface area contributed by atoms with Gasteiger partial charge in [0.25, 0.3) is 10.0 Å². The average molecular weight is 272 g/mol. The van der Waals surface area contributed by atoms with Crippen molar-refractivity contribution in [3.8, 4) is 0 Å². The molecule has 0 aliphatic carbocycles. The number of imidazole rings is 1. The highest BCUT2D eigenvalue weighted by Gasteiger charge is 2.36. The van der Waals surface area contributed by atoms with Crippen LogP contribution in [-0.2, 0) is 16.6 Å². The number of aryl methyl sites for hydroxylation is 1. The Kier molecular flexibility index (Phi) is 3.74. The number of hydrogen-bond acceptors (Lipinski definition) is 4. The van der Waals surface area contributed by atoms with Gasteiger partial charge in [0, 0.05) is 37.9 Å². The maximum absolute atomic E-state index is 12.6. The van der Waals surface area contributed by atoms with Crippen molar-refractivity contribution in [3.05, 3.63) is 12.5 Å².